The van der Waals surface area contributed by atoms with E-state index in [0.29, 0.717) is 17.9 Å². The highest BCUT2D eigenvalue weighted by Gasteiger charge is 2.18. The molecule has 0 radical (unpaired) electrons. The number of carbonyl (C=O) groups is 1. The summed E-state index contributed by atoms with van der Waals surface area (Å²) in [5.41, 5.74) is 3.67. The maximum atomic E-state index is 12.4. The molecule has 0 aliphatic rings. The van der Waals surface area contributed by atoms with E-state index in [0.717, 1.165) is 20.8 Å². The first-order chi connectivity index (χ1) is 16.0. The predicted octanol–water partition coefficient (Wildman–Crippen LogP) is 5.85. The highest BCUT2D eigenvalue weighted by molar-refractivity contribution is 9.10. The number of hydrogen-bond acceptors (Lipinski definition) is 5. The van der Waals surface area contributed by atoms with Crippen LogP contribution in [0, 0.1) is 10.1 Å². The first-order valence-corrected chi connectivity index (χ1v) is 10.8. The fourth-order valence-corrected chi connectivity index (χ4v) is 3.75. The first-order valence-electron chi connectivity index (χ1n) is 9.99. The van der Waals surface area contributed by atoms with Crippen LogP contribution < -0.4 is 10.2 Å². The standard InChI is InChI=1S/C25H18BrN3O4/c26-20-12-13-24(33-16-18-8-5-7-17-6-1-2-9-21(17)18)19(14-20)15-27-28-25(30)22-10-3-4-11-23(22)29(31)32/h1-15H,16H2,(H,28,30)/b27-15-. The number of hydrazone groups is 1. The predicted molar refractivity (Wildman–Crippen MR) is 131 cm³/mol. The van der Waals surface area contributed by atoms with Crippen LogP contribution in [0.1, 0.15) is 21.5 Å². The zero-order valence-electron chi connectivity index (χ0n) is 17.3. The SMILES string of the molecule is O=C(N/N=C\c1cc(Br)ccc1OCc1cccc2ccccc12)c1ccccc1[N+](=O)[O-]. The van der Waals surface area contributed by atoms with Crippen LogP contribution >= 0.6 is 15.9 Å². The van der Waals surface area contributed by atoms with Gasteiger partial charge in [0.15, 0.2) is 0 Å². The summed E-state index contributed by atoms with van der Waals surface area (Å²) < 4.78 is 6.88. The number of benzene rings is 4. The Labute approximate surface area is 198 Å². The lowest BCUT2D eigenvalue weighted by Gasteiger charge is -2.11. The minimum Gasteiger partial charge on any atom is -0.488 e. The molecule has 0 saturated heterocycles. The van der Waals surface area contributed by atoms with Crippen molar-refractivity contribution >= 4 is 44.5 Å². The second kappa shape index (κ2) is 10.1. The van der Waals surface area contributed by atoms with E-state index in [4.69, 9.17) is 4.74 Å². The summed E-state index contributed by atoms with van der Waals surface area (Å²) in [6, 6.07) is 25.3. The van der Waals surface area contributed by atoms with E-state index in [1.54, 1.807) is 18.2 Å². The average Bonchev–Trinajstić information content (AvgIpc) is 2.83. The monoisotopic (exact) mass is 503 g/mol. The number of ether oxygens (including phenoxy) is 1. The van der Waals surface area contributed by atoms with E-state index in [1.165, 1.54) is 24.4 Å². The van der Waals surface area contributed by atoms with Crippen LogP contribution in [0.15, 0.2) is 94.5 Å². The molecule has 4 aromatic rings. The molecule has 7 nitrogen and oxygen atoms in total. The minimum absolute atomic E-state index is 0.0682. The minimum atomic E-state index is -0.674. The highest BCUT2D eigenvalue weighted by Crippen LogP contribution is 2.25. The summed E-state index contributed by atoms with van der Waals surface area (Å²) >= 11 is 3.43. The van der Waals surface area contributed by atoms with E-state index in [-0.39, 0.29) is 11.3 Å². The van der Waals surface area contributed by atoms with Gasteiger partial charge in [-0.1, -0.05) is 70.5 Å². The Kier molecular flexibility index (Phi) is 6.75. The Balaban J connectivity index is 1.51. The number of nitro groups is 1. The summed E-state index contributed by atoms with van der Waals surface area (Å²) in [7, 11) is 0. The number of hydrogen-bond donors (Lipinski definition) is 1. The van der Waals surface area contributed by atoms with Gasteiger partial charge in [0.1, 0.15) is 17.9 Å². The second-order valence-corrected chi connectivity index (χ2v) is 8.00. The van der Waals surface area contributed by atoms with E-state index in [1.807, 2.05) is 30.3 Å². The zero-order valence-corrected chi connectivity index (χ0v) is 18.9. The molecule has 0 heterocycles. The molecule has 1 amide bonds. The van der Waals surface area contributed by atoms with Gasteiger partial charge in [0.05, 0.1) is 11.1 Å². The van der Waals surface area contributed by atoms with Gasteiger partial charge < -0.3 is 4.74 Å². The topological polar surface area (TPSA) is 93.8 Å². The Morgan fingerprint density at radius 3 is 2.64 bits per heavy atom. The Morgan fingerprint density at radius 1 is 1.03 bits per heavy atom. The summed E-state index contributed by atoms with van der Waals surface area (Å²) in [6.45, 7) is 0.354. The van der Waals surface area contributed by atoms with Crippen LogP contribution in [-0.2, 0) is 6.61 Å². The maximum Gasteiger partial charge on any atom is 0.282 e. The zero-order chi connectivity index (χ0) is 23.2. The van der Waals surface area contributed by atoms with Crippen molar-refractivity contribution in [2.45, 2.75) is 6.61 Å². The number of rotatable bonds is 7. The molecule has 0 unspecified atom stereocenters. The van der Waals surface area contributed by atoms with Crippen molar-refractivity contribution in [1.82, 2.24) is 5.43 Å². The number of amides is 1. The number of para-hydroxylation sites is 1. The molecular formula is C25H18BrN3O4. The number of carbonyl (C=O) groups excluding carboxylic acids is 1. The highest BCUT2D eigenvalue weighted by atomic mass is 79.9. The molecule has 0 fully saturated rings. The molecule has 4 rings (SSSR count). The lowest BCUT2D eigenvalue weighted by atomic mass is 10.1. The lowest BCUT2D eigenvalue weighted by molar-refractivity contribution is -0.385. The van der Waals surface area contributed by atoms with Crippen molar-refractivity contribution in [3.8, 4) is 5.75 Å². The molecular weight excluding hydrogens is 486 g/mol. The normalized spacial score (nSPS) is 10.9. The van der Waals surface area contributed by atoms with Crippen molar-refractivity contribution < 1.29 is 14.5 Å². The van der Waals surface area contributed by atoms with Gasteiger partial charge in [-0.3, -0.25) is 14.9 Å². The molecule has 0 spiro atoms. The van der Waals surface area contributed by atoms with Crippen LogP contribution in [-0.4, -0.2) is 17.0 Å². The van der Waals surface area contributed by atoms with Crippen LogP contribution in [0.4, 0.5) is 5.69 Å². The molecule has 8 heteroatoms. The summed E-state index contributed by atoms with van der Waals surface area (Å²) in [6.07, 6.45) is 1.44. The maximum absolute atomic E-state index is 12.4. The third-order valence-corrected chi connectivity index (χ3v) is 5.44. The number of fused-ring (bicyclic) bond motifs is 1. The van der Waals surface area contributed by atoms with Crippen molar-refractivity contribution in [1.29, 1.82) is 0 Å². The summed E-state index contributed by atoms with van der Waals surface area (Å²) in [4.78, 5) is 22.9. The molecule has 0 aliphatic heterocycles. The molecule has 1 N–H and O–H groups in total. The van der Waals surface area contributed by atoms with Gasteiger partial charge in [-0.15, -0.1) is 0 Å². The molecule has 0 aliphatic carbocycles. The molecule has 33 heavy (non-hydrogen) atoms. The number of nitro benzene ring substituents is 1. The fraction of sp³-hybridized carbons (Fsp3) is 0.0400. The van der Waals surface area contributed by atoms with Crippen LogP contribution in [0.25, 0.3) is 10.8 Å². The van der Waals surface area contributed by atoms with Crippen LogP contribution in [0.5, 0.6) is 5.75 Å². The largest absolute Gasteiger partial charge is 0.488 e. The van der Waals surface area contributed by atoms with Gasteiger partial charge in [0.2, 0.25) is 0 Å². The average molecular weight is 504 g/mol. The van der Waals surface area contributed by atoms with Gasteiger partial charge >= 0.3 is 0 Å². The molecule has 4 aromatic carbocycles. The third-order valence-electron chi connectivity index (χ3n) is 4.95. The van der Waals surface area contributed by atoms with Gasteiger partial charge in [-0.2, -0.15) is 5.10 Å². The van der Waals surface area contributed by atoms with Gasteiger partial charge in [0.25, 0.3) is 11.6 Å². The van der Waals surface area contributed by atoms with Crippen molar-refractivity contribution in [2.75, 3.05) is 0 Å². The van der Waals surface area contributed by atoms with E-state index in [9.17, 15) is 14.9 Å². The lowest BCUT2D eigenvalue weighted by Crippen LogP contribution is -2.19. The van der Waals surface area contributed by atoms with E-state index < -0.39 is 10.8 Å². The van der Waals surface area contributed by atoms with Gasteiger partial charge in [0, 0.05) is 16.1 Å². The third kappa shape index (κ3) is 5.24. The Bertz CT molecular complexity index is 1370. The number of nitrogens with zero attached hydrogens (tertiary/aromatic N) is 2. The van der Waals surface area contributed by atoms with Crippen molar-refractivity contribution in [3.05, 3.63) is 116 Å². The summed E-state index contributed by atoms with van der Waals surface area (Å²) in [5, 5.41) is 17.4. The van der Waals surface area contributed by atoms with Gasteiger partial charge in [-0.25, -0.2) is 5.43 Å². The Hall–Kier alpha value is -4.04. The molecule has 0 atom stereocenters. The molecule has 164 valence electrons. The van der Waals surface area contributed by atoms with Crippen LogP contribution in [0.3, 0.4) is 0 Å². The number of halogens is 1. The molecule has 0 bridgehead atoms. The first kappa shape index (κ1) is 22.2. The van der Waals surface area contributed by atoms with Gasteiger partial charge in [-0.05, 0) is 40.6 Å². The van der Waals surface area contributed by atoms with Crippen molar-refractivity contribution in [2.24, 2.45) is 5.10 Å². The fourth-order valence-electron chi connectivity index (χ4n) is 3.37. The summed E-state index contributed by atoms with van der Waals surface area (Å²) in [5.74, 6) is -0.0957. The van der Waals surface area contributed by atoms with Crippen LogP contribution in [0.2, 0.25) is 0 Å². The smallest absolute Gasteiger partial charge is 0.282 e. The second-order valence-electron chi connectivity index (χ2n) is 7.08. The molecule has 0 aromatic heterocycles. The Morgan fingerprint density at radius 2 is 1.79 bits per heavy atom. The van der Waals surface area contributed by atoms with E-state index in [2.05, 4.69) is 44.7 Å². The number of nitrogens with one attached hydrogen (secondary N) is 1. The molecule has 0 saturated carbocycles. The van der Waals surface area contributed by atoms with Crippen molar-refractivity contribution in [3.63, 3.8) is 0 Å². The quantitative estimate of drug-likeness (QED) is 0.194. The van der Waals surface area contributed by atoms with E-state index >= 15 is 0 Å².